The summed E-state index contributed by atoms with van der Waals surface area (Å²) in [6.07, 6.45) is 0. The van der Waals surface area contributed by atoms with Crippen molar-refractivity contribution in [1.82, 2.24) is 9.78 Å². The van der Waals surface area contributed by atoms with Crippen LogP contribution in [0.15, 0.2) is 60.7 Å². The molecule has 3 rings (SSSR count). The Bertz CT molecular complexity index is 810. The van der Waals surface area contributed by atoms with Crippen molar-refractivity contribution in [3.8, 4) is 28.3 Å². The Morgan fingerprint density at radius 2 is 1.73 bits per heavy atom. The molecule has 0 unspecified atom stereocenters. The highest BCUT2D eigenvalue weighted by Gasteiger charge is 2.13. The Balaban J connectivity index is 2.10. The van der Waals surface area contributed by atoms with E-state index >= 15 is 0 Å². The van der Waals surface area contributed by atoms with E-state index in [0.717, 1.165) is 16.8 Å². The number of nitrogens with zero attached hydrogens (tertiary/aromatic N) is 2. The monoisotopic (exact) mass is 294 g/mol. The van der Waals surface area contributed by atoms with E-state index in [1.165, 1.54) is 4.68 Å². The summed E-state index contributed by atoms with van der Waals surface area (Å²) in [5.74, 6) is -0.811. The van der Waals surface area contributed by atoms with E-state index in [9.17, 15) is 9.90 Å². The molecule has 0 aliphatic carbocycles. The average Bonchev–Trinajstić information content (AvgIpc) is 2.91. The van der Waals surface area contributed by atoms with Crippen LogP contribution in [0.25, 0.3) is 22.5 Å². The Morgan fingerprint density at radius 3 is 2.41 bits per heavy atom. The highest BCUT2D eigenvalue weighted by Crippen LogP contribution is 2.27. The second kappa shape index (κ2) is 5.73. The lowest BCUT2D eigenvalue weighted by Gasteiger charge is -2.04. The van der Waals surface area contributed by atoms with Crippen molar-refractivity contribution in [3.63, 3.8) is 0 Å². The molecule has 0 saturated carbocycles. The summed E-state index contributed by atoms with van der Waals surface area (Å²) >= 11 is 0. The van der Waals surface area contributed by atoms with Crippen LogP contribution >= 0.6 is 0 Å². The molecule has 0 saturated heterocycles. The molecule has 0 aliphatic heterocycles. The summed E-state index contributed by atoms with van der Waals surface area (Å²) < 4.78 is 1.46. The molecule has 110 valence electrons. The first-order valence-electron chi connectivity index (χ1n) is 6.78. The smallest absolute Gasteiger partial charge is 0.325 e. The molecule has 0 fully saturated rings. The lowest BCUT2D eigenvalue weighted by atomic mass is 10.1. The number of carboxylic acid groups (broad SMARTS) is 1. The van der Waals surface area contributed by atoms with Gasteiger partial charge in [-0.15, -0.1) is 0 Å². The van der Waals surface area contributed by atoms with Gasteiger partial charge in [0, 0.05) is 5.56 Å². The van der Waals surface area contributed by atoms with Crippen molar-refractivity contribution >= 4 is 5.97 Å². The molecule has 0 aliphatic rings. The van der Waals surface area contributed by atoms with Gasteiger partial charge in [-0.2, -0.15) is 5.10 Å². The molecule has 3 aromatic rings. The van der Waals surface area contributed by atoms with E-state index in [1.807, 2.05) is 42.5 Å². The van der Waals surface area contributed by atoms with Gasteiger partial charge < -0.3 is 10.2 Å². The lowest BCUT2D eigenvalue weighted by Crippen LogP contribution is -2.11. The maximum Gasteiger partial charge on any atom is 0.325 e. The number of hydrogen-bond acceptors (Lipinski definition) is 3. The van der Waals surface area contributed by atoms with Gasteiger partial charge >= 0.3 is 5.97 Å². The largest absolute Gasteiger partial charge is 0.508 e. The number of aromatic nitrogens is 2. The van der Waals surface area contributed by atoms with E-state index in [4.69, 9.17) is 5.11 Å². The number of aromatic hydroxyl groups is 1. The predicted octanol–water partition coefficient (Wildman–Crippen LogP) is 3.01. The number of benzene rings is 2. The molecular weight excluding hydrogens is 280 g/mol. The zero-order valence-electron chi connectivity index (χ0n) is 11.7. The van der Waals surface area contributed by atoms with Crippen LogP contribution in [-0.4, -0.2) is 26.0 Å². The highest BCUT2D eigenvalue weighted by atomic mass is 16.4. The van der Waals surface area contributed by atoms with Gasteiger partial charge in [-0.1, -0.05) is 42.5 Å². The normalized spacial score (nSPS) is 10.5. The third-order valence-electron chi connectivity index (χ3n) is 3.28. The number of rotatable bonds is 4. The fraction of sp³-hybridized carbons (Fsp3) is 0.0588. The van der Waals surface area contributed by atoms with Crippen LogP contribution in [0.2, 0.25) is 0 Å². The quantitative estimate of drug-likeness (QED) is 0.775. The highest BCUT2D eigenvalue weighted by molar-refractivity contribution is 5.72. The van der Waals surface area contributed by atoms with E-state index in [0.29, 0.717) is 5.69 Å². The summed E-state index contributed by atoms with van der Waals surface area (Å²) in [7, 11) is 0. The summed E-state index contributed by atoms with van der Waals surface area (Å²) in [5, 5.41) is 23.0. The predicted molar refractivity (Wildman–Crippen MR) is 82.4 cm³/mol. The molecule has 0 bridgehead atoms. The van der Waals surface area contributed by atoms with E-state index in [-0.39, 0.29) is 12.3 Å². The van der Waals surface area contributed by atoms with Gasteiger partial charge in [0.1, 0.15) is 12.3 Å². The van der Waals surface area contributed by atoms with Crippen LogP contribution in [-0.2, 0) is 11.3 Å². The first-order valence-corrected chi connectivity index (χ1v) is 6.78. The third-order valence-corrected chi connectivity index (χ3v) is 3.28. The molecule has 0 atom stereocenters. The molecule has 0 radical (unpaired) electrons. The first-order chi connectivity index (χ1) is 10.6. The average molecular weight is 294 g/mol. The second-order valence-corrected chi connectivity index (χ2v) is 4.88. The van der Waals surface area contributed by atoms with Gasteiger partial charge in [-0.25, -0.2) is 0 Å². The van der Waals surface area contributed by atoms with Crippen molar-refractivity contribution in [2.75, 3.05) is 0 Å². The summed E-state index contributed by atoms with van der Waals surface area (Å²) in [6.45, 7) is -0.219. The molecular formula is C17H14N2O3. The Labute approximate surface area is 127 Å². The number of carbonyl (C=O) groups is 1. The number of phenolic OH excluding ortho intramolecular Hbond substituents is 1. The topological polar surface area (TPSA) is 75.3 Å². The molecule has 5 heteroatoms. The molecule has 22 heavy (non-hydrogen) atoms. The zero-order valence-corrected chi connectivity index (χ0v) is 11.7. The molecule has 1 aromatic heterocycles. The standard InChI is InChI=1S/C17H14N2O3/c20-14-8-4-7-13(9-14)15-10-16(12-5-2-1-3-6-12)19(18-15)11-17(21)22/h1-10,20H,11H2,(H,21,22). The van der Waals surface area contributed by atoms with Crippen LogP contribution < -0.4 is 0 Å². The maximum atomic E-state index is 11.1. The maximum absolute atomic E-state index is 11.1. The van der Waals surface area contributed by atoms with E-state index in [1.54, 1.807) is 18.2 Å². The van der Waals surface area contributed by atoms with Crippen LogP contribution in [0.1, 0.15) is 0 Å². The van der Waals surface area contributed by atoms with Crippen LogP contribution in [0, 0.1) is 0 Å². The van der Waals surface area contributed by atoms with Crippen LogP contribution in [0.3, 0.4) is 0 Å². The van der Waals surface area contributed by atoms with Crippen LogP contribution in [0.4, 0.5) is 0 Å². The van der Waals surface area contributed by atoms with Crippen LogP contribution in [0.5, 0.6) is 5.75 Å². The molecule has 5 nitrogen and oxygen atoms in total. The minimum atomic E-state index is -0.956. The molecule has 2 N–H and O–H groups in total. The Kier molecular flexibility index (Phi) is 3.62. The number of hydrogen-bond donors (Lipinski definition) is 2. The Hall–Kier alpha value is -3.08. The van der Waals surface area contributed by atoms with Gasteiger partial charge in [0.15, 0.2) is 0 Å². The minimum absolute atomic E-state index is 0.145. The second-order valence-electron chi connectivity index (χ2n) is 4.88. The van der Waals surface area contributed by atoms with Crippen molar-refractivity contribution in [2.24, 2.45) is 0 Å². The SMILES string of the molecule is O=C(O)Cn1nc(-c2cccc(O)c2)cc1-c1ccccc1. The van der Waals surface area contributed by atoms with Gasteiger partial charge in [-0.05, 0) is 23.8 Å². The van der Waals surface area contributed by atoms with Gasteiger partial charge in [0.2, 0.25) is 0 Å². The van der Waals surface area contributed by atoms with Crippen molar-refractivity contribution < 1.29 is 15.0 Å². The Morgan fingerprint density at radius 1 is 1.00 bits per heavy atom. The summed E-state index contributed by atoms with van der Waals surface area (Å²) in [6, 6.07) is 18.0. The fourth-order valence-electron chi connectivity index (χ4n) is 2.31. The van der Waals surface area contributed by atoms with E-state index < -0.39 is 5.97 Å². The molecule has 0 spiro atoms. The number of phenols is 1. The molecule has 1 heterocycles. The zero-order chi connectivity index (χ0) is 15.5. The van der Waals surface area contributed by atoms with Gasteiger partial charge in [0.25, 0.3) is 0 Å². The fourth-order valence-corrected chi connectivity index (χ4v) is 2.31. The van der Waals surface area contributed by atoms with Crippen molar-refractivity contribution in [1.29, 1.82) is 0 Å². The van der Waals surface area contributed by atoms with Crippen molar-refractivity contribution in [2.45, 2.75) is 6.54 Å². The third kappa shape index (κ3) is 2.83. The first kappa shape index (κ1) is 13.9. The summed E-state index contributed by atoms with van der Waals surface area (Å²) in [4.78, 5) is 11.1. The summed E-state index contributed by atoms with van der Waals surface area (Å²) in [5.41, 5.74) is 2.97. The van der Waals surface area contributed by atoms with Crippen molar-refractivity contribution in [3.05, 3.63) is 60.7 Å². The van der Waals surface area contributed by atoms with E-state index in [2.05, 4.69) is 5.10 Å². The number of carboxylic acids is 1. The molecule has 2 aromatic carbocycles. The number of aliphatic carboxylic acids is 1. The molecule has 0 amide bonds. The minimum Gasteiger partial charge on any atom is -0.508 e. The van der Waals surface area contributed by atoms with Gasteiger partial charge in [0.05, 0.1) is 11.4 Å². The van der Waals surface area contributed by atoms with Gasteiger partial charge in [-0.3, -0.25) is 9.48 Å². The lowest BCUT2D eigenvalue weighted by molar-refractivity contribution is -0.137.